The molecule has 1 aliphatic rings. The van der Waals surface area contributed by atoms with Crippen molar-refractivity contribution in [2.45, 2.75) is 45.3 Å². The Bertz CT molecular complexity index is 399. The average molecular weight is 268 g/mol. The zero-order chi connectivity index (χ0) is 13.1. The number of rotatable bonds is 3. The van der Waals surface area contributed by atoms with Crippen LogP contribution in [-0.4, -0.2) is 18.2 Å². The molecule has 1 aromatic carbocycles. The number of aliphatic hydroxyl groups excluding tert-OH is 1. The maximum absolute atomic E-state index is 9.43. The van der Waals surface area contributed by atoms with Gasteiger partial charge in [-0.15, -0.1) is 0 Å². The monoisotopic (exact) mass is 267 g/mol. The highest BCUT2D eigenvalue weighted by Gasteiger charge is 2.23. The van der Waals surface area contributed by atoms with Crippen LogP contribution in [0.5, 0.6) is 0 Å². The molecule has 3 heteroatoms. The first-order chi connectivity index (χ1) is 8.61. The van der Waals surface area contributed by atoms with Gasteiger partial charge in [-0.3, -0.25) is 0 Å². The number of hydrogen-bond donors (Lipinski definition) is 1. The standard InChI is InChI=1S/C15H22ClNO/c1-11-3-7-14(8-4-11)17(2)15-9-13(16)6-5-12(15)10-18/h5-6,9,11,14,18H,3-4,7-8,10H2,1-2H3. The van der Waals surface area contributed by atoms with Crippen LogP contribution in [0.1, 0.15) is 38.2 Å². The Morgan fingerprint density at radius 2 is 1.94 bits per heavy atom. The molecule has 18 heavy (non-hydrogen) atoms. The molecule has 0 bridgehead atoms. The molecule has 2 nitrogen and oxygen atoms in total. The number of halogens is 1. The van der Waals surface area contributed by atoms with E-state index in [9.17, 15) is 5.11 Å². The van der Waals surface area contributed by atoms with Crippen LogP contribution in [0.15, 0.2) is 18.2 Å². The first kappa shape index (κ1) is 13.7. The molecule has 1 N–H and O–H groups in total. The molecule has 0 unspecified atom stereocenters. The van der Waals surface area contributed by atoms with Crippen LogP contribution in [0.4, 0.5) is 5.69 Å². The summed E-state index contributed by atoms with van der Waals surface area (Å²) in [5, 5.41) is 10.2. The topological polar surface area (TPSA) is 23.5 Å². The van der Waals surface area contributed by atoms with E-state index in [-0.39, 0.29) is 6.61 Å². The molecule has 0 aromatic heterocycles. The summed E-state index contributed by atoms with van der Waals surface area (Å²) in [5.41, 5.74) is 2.03. The van der Waals surface area contributed by atoms with Gasteiger partial charge >= 0.3 is 0 Å². The molecule has 0 radical (unpaired) electrons. The van der Waals surface area contributed by atoms with Gasteiger partial charge in [0.1, 0.15) is 0 Å². The highest BCUT2D eigenvalue weighted by molar-refractivity contribution is 6.30. The van der Waals surface area contributed by atoms with E-state index in [4.69, 9.17) is 11.6 Å². The number of benzene rings is 1. The number of anilines is 1. The van der Waals surface area contributed by atoms with E-state index >= 15 is 0 Å². The second kappa shape index (κ2) is 5.94. The van der Waals surface area contributed by atoms with Crippen molar-refractivity contribution in [2.24, 2.45) is 5.92 Å². The molecule has 0 amide bonds. The molecule has 1 aliphatic carbocycles. The molecule has 0 spiro atoms. The quantitative estimate of drug-likeness (QED) is 0.899. The van der Waals surface area contributed by atoms with Crippen molar-refractivity contribution < 1.29 is 5.11 Å². The number of aliphatic hydroxyl groups is 1. The summed E-state index contributed by atoms with van der Waals surface area (Å²) in [6.07, 6.45) is 5.05. The van der Waals surface area contributed by atoms with Gasteiger partial charge in [-0.2, -0.15) is 0 Å². The minimum absolute atomic E-state index is 0.0694. The Morgan fingerprint density at radius 3 is 2.56 bits per heavy atom. The van der Waals surface area contributed by atoms with Crippen LogP contribution in [-0.2, 0) is 6.61 Å². The normalized spacial score (nSPS) is 24.0. The average Bonchev–Trinajstić information content (AvgIpc) is 2.39. The molecule has 1 fully saturated rings. The summed E-state index contributed by atoms with van der Waals surface area (Å²) in [5.74, 6) is 0.853. The van der Waals surface area contributed by atoms with Gasteiger partial charge in [0.05, 0.1) is 6.61 Å². The molecule has 1 saturated carbocycles. The zero-order valence-electron chi connectivity index (χ0n) is 11.2. The van der Waals surface area contributed by atoms with E-state index < -0.39 is 0 Å². The van der Waals surface area contributed by atoms with Crippen LogP contribution in [0.25, 0.3) is 0 Å². The summed E-state index contributed by atoms with van der Waals surface area (Å²) in [6.45, 7) is 2.40. The van der Waals surface area contributed by atoms with Crippen molar-refractivity contribution in [1.29, 1.82) is 0 Å². The van der Waals surface area contributed by atoms with Crippen molar-refractivity contribution in [3.8, 4) is 0 Å². The van der Waals surface area contributed by atoms with Gasteiger partial charge < -0.3 is 10.0 Å². The minimum Gasteiger partial charge on any atom is -0.392 e. The Kier molecular flexibility index (Phi) is 4.52. The summed E-state index contributed by atoms with van der Waals surface area (Å²) in [6, 6.07) is 6.29. The van der Waals surface area contributed by atoms with Gasteiger partial charge in [-0.05, 0) is 43.7 Å². The molecule has 2 rings (SSSR count). The third kappa shape index (κ3) is 2.99. The van der Waals surface area contributed by atoms with E-state index in [0.717, 1.165) is 22.2 Å². The zero-order valence-corrected chi connectivity index (χ0v) is 12.0. The van der Waals surface area contributed by atoms with E-state index in [1.807, 2.05) is 18.2 Å². The van der Waals surface area contributed by atoms with Gasteiger partial charge in [-0.25, -0.2) is 0 Å². The van der Waals surface area contributed by atoms with Crippen LogP contribution in [0, 0.1) is 5.92 Å². The third-order valence-electron chi connectivity index (χ3n) is 4.13. The minimum atomic E-state index is 0.0694. The summed E-state index contributed by atoms with van der Waals surface area (Å²) in [4.78, 5) is 2.29. The summed E-state index contributed by atoms with van der Waals surface area (Å²) in [7, 11) is 2.12. The second-order valence-electron chi connectivity index (χ2n) is 5.46. The largest absolute Gasteiger partial charge is 0.392 e. The fraction of sp³-hybridized carbons (Fsp3) is 0.600. The molecule has 0 heterocycles. The molecule has 0 saturated heterocycles. The first-order valence-corrected chi connectivity index (χ1v) is 7.11. The van der Waals surface area contributed by atoms with Gasteiger partial charge in [0.25, 0.3) is 0 Å². The van der Waals surface area contributed by atoms with Gasteiger partial charge in [-0.1, -0.05) is 24.6 Å². The van der Waals surface area contributed by atoms with Crippen LogP contribution in [0.3, 0.4) is 0 Å². The molecular weight excluding hydrogens is 246 g/mol. The predicted molar refractivity (Wildman–Crippen MR) is 77.2 cm³/mol. The number of nitrogens with zero attached hydrogens (tertiary/aromatic N) is 1. The third-order valence-corrected chi connectivity index (χ3v) is 4.37. The van der Waals surface area contributed by atoms with Gasteiger partial charge in [0.15, 0.2) is 0 Å². The maximum atomic E-state index is 9.43. The van der Waals surface area contributed by atoms with E-state index in [1.54, 1.807) is 0 Å². The lowest BCUT2D eigenvalue weighted by Gasteiger charge is -2.36. The SMILES string of the molecule is CC1CCC(N(C)c2cc(Cl)ccc2CO)CC1. The van der Waals surface area contributed by atoms with Gasteiger partial charge in [0, 0.05) is 29.4 Å². The Labute approximate surface area is 115 Å². The molecule has 0 atom stereocenters. The van der Waals surface area contributed by atoms with Crippen molar-refractivity contribution in [2.75, 3.05) is 11.9 Å². The first-order valence-electron chi connectivity index (χ1n) is 6.74. The maximum Gasteiger partial charge on any atom is 0.0702 e. The summed E-state index contributed by atoms with van der Waals surface area (Å²) >= 11 is 6.07. The van der Waals surface area contributed by atoms with Crippen molar-refractivity contribution in [3.63, 3.8) is 0 Å². The van der Waals surface area contributed by atoms with Crippen molar-refractivity contribution in [1.82, 2.24) is 0 Å². The fourth-order valence-electron chi connectivity index (χ4n) is 2.83. The fourth-order valence-corrected chi connectivity index (χ4v) is 2.99. The predicted octanol–water partition coefficient (Wildman–Crippen LogP) is 3.85. The van der Waals surface area contributed by atoms with Crippen LogP contribution < -0.4 is 4.90 Å². The van der Waals surface area contributed by atoms with Gasteiger partial charge in [0.2, 0.25) is 0 Å². The molecule has 100 valence electrons. The molecule has 0 aliphatic heterocycles. The Balaban J connectivity index is 2.17. The van der Waals surface area contributed by atoms with E-state index in [1.165, 1.54) is 25.7 Å². The highest BCUT2D eigenvalue weighted by atomic mass is 35.5. The highest BCUT2D eigenvalue weighted by Crippen LogP contribution is 2.32. The lowest BCUT2D eigenvalue weighted by Crippen LogP contribution is -2.35. The Morgan fingerprint density at radius 1 is 1.28 bits per heavy atom. The second-order valence-corrected chi connectivity index (χ2v) is 5.89. The molecular formula is C15H22ClNO. The van der Waals surface area contributed by atoms with Crippen LogP contribution >= 0.6 is 11.6 Å². The lowest BCUT2D eigenvalue weighted by molar-refractivity contribution is 0.281. The van der Waals surface area contributed by atoms with Crippen molar-refractivity contribution in [3.05, 3.63) is 28.8 Å². The van der Waals surface area contributed by atoms with Crippen LogP contribution in [0.2, 0.25) is 5.02 Å². The number of hydrogen-bond acceptors (Lipinski definition) is 2. The van der Waals surface area contributed by atoms with E-state index in [2.05, 4.69) is 18.9 Å². The van der Waals surface area contributed by atoms with E-state index in [0.29, 0.717) is 6.04 Å². The Hall–Kier alpha value is -0.730. The molecule has 1 aromatic rings. The smallest absolute Gasteiger partial charge is 0.0702 e. The lowest BCUT2D eigenvalue weighted by atomic mass is 9.86. The van der Waals surface area contributed by atoms with Crippen molar-refractivity contribution >= 4 is 17.3 Å². The summed E-state index contributed by atoms with van der Waals surface area (Å²) < 4.78 is 0.